The first-order valence-corrected chi connectivity index (χ1v) is 14.9. The predicted molar refractivity (Wildman–Crippen MR) is 154 cm³/mol. The second kappa shape index (κ2) is 10.3. The second-order valence-electron chi connectivity index (χ2n) is 11.5. The van der Waals surface area contributed by atoms with Gasteiger partial charge in [-0.3, -0.25) is 4.90 Å². The van der Waals surface area contributed by atoms with Gasteiger partial charge in [0.2, 0.25) is 5.88 Å². The van der Waals surface area contributed by atoms with Crippen LogP contribution in [0.25, 0.3) is 32.1 Å². The Morgan fingerprint density at radius 3 is 2.86 bits per heavy atom. The smallest absolute Gasteiger partial charge is 0.320 e. The van der Waals surface area contributed by atoms with E-state index >= 15 is 4.39 Å². The highest BCUT2D eigenvalue weighted by molar-refractivity contribution is 7.23. The minimum atomic E-state index is -0.917. The third-order valence-corrected chi connectivity index (χ3v) is 9.82. The van der Waals surface area contributed by atoms with Crippen molar-refractivity contribution in [3.63, 3.8) is 0 Å². The lowest BCUT2D eigenvalue weighted by Gasteiger charge is -2.30. The van der Waals surface area contributed by atoms with Gasteiger partial charge in [0.15, 0.2) is 5.82 Å². The maximum Gasteiger partial charge on any atom is 0.320 e. The van der Waals surface area contributed by atoms with Crippen molar-refractivity contribution in [2.75, 3.05) is 32.0 Å². The number of thiophene rings is 1. The second-order valence-corrected chi connectivity index (χ2v) is 12.6. The van der Waals surface area contributed by atoms with E-state index in [0.717, 1.165) is 37.1 Å². The molecule has 0 radical (unpaired) electrons. The molecule has 2 aromatic carbocycles. The first kappa shape index (κ1) is 27.2. The highest BCUT2D eigenvalue weighted by Crippen LogP contribution is 2.44. The van der Waals surface area contributed by atoms with E-state index in [1.807, 2.05) is 6.07 Å². The SMILES string of the molecule is CC1CC(Oc2nc(OCC34CCCN3CC(F)C4)nc3c(F)c(-c4ccc(F)c5sc(N)c(C#N)c45)ccc23)CN1. The molecule has 3 aliphatic rings. The highest BCUT2D eigenvalue weighted by atomic mass is 32.1. The molecule has 42 heavy (non-hydrogen) atoms. The van der Waals surface area contributed by atoms with Gasteiger partial charge in [0.05, 0.1) is 21.2 Å². The van der Waals surface area contributed by atoms with Gasteiger partial charge in [0.25, 0.3) is 0 Å². The summed E-state index contributed by atoms with van der Waals surface area (Å²) >= 11 is 0.952. The van der Waals surface area contributed by atoms with E-state index in [1.54, 1.807) is 12.1 Å². The molecule has 7 rings (SSSR count). The van der Waals surface area contributed by atoms with Crippen LogP contribution in [0.3, 0.4) is 0 Å². The Hall–Kier alpha value is -3.66. The number of nitrogens with zero attached hydrogens (tertiary/aromatic N) is 4. The summed E-state index contributed by atoms with van der Waals surface area (Å²) in [7, 11) is 0. The number of halogens is 3. The summed E-state index contributed by atoms with van der Waals surface area (Å²) < 4.78 is 58.1. The maximum atomic E-state index is 16.5. The first-order valence-electron chi connectivity index (χ1n) is 14.1. The molecule has 12 heteroatoms. The molecule has 8 nitrogen and oxygen atoms in total. The van der Waals surface area contributed by atoms with Gasteiger partial charge < -0.3 is 20.5 Å². The summed E-state index contributed by atoms with van der Waals surface area (Å²) in [5.74, 6) is -1.03. The largest absolute Gasteiger partial charge is 0.472 e. The number of fused-ring (bicyclic) bond motifs is 3. The van der Waals surface area contributed by atoms with Crippen molar-refractivity contribution in [2.45, 2.75) is 56.5 Å². The van der Waals surface area contributed by atoms with Crippen LogP contribution in [0.1, 0.15) is 38.2 Å². The summed E-state index contributed by atoms with van der Waals surface area (Å²) in [6, 6.07) is 8.14. The quantitative estimate of drug-likeness (QED) is 0.309. The van der Waals surface area contributed by atoms with Gasteiger partial charge in [-0.15, -0.1) is 11.3 Å². The number of nitrogens with two attached hydrogens (primary N) is 1. The zero-order valence-corrected chi connectivity index (χ0v) is 23.7. The van der Waals surface area contributed by atoms with Gasteiger partial charge in [0, 0.05) is 42.9 Å². The number of hydrogen-bond donors (Lipinski definition) is 2. The van der Waals surface area contributed by atoms with Crippen LogP contribution in [0.2, 0.25) is 0 Å². The number of benzene rings is 2. The van der Waals surface area contributed by atoms with Crippen molar-refractivity contribution < 1.29 is 22.6 Å². The van der Waals surface area contributed by atoms with Crippen molar-refractivity contribution in [3.05, 3.63) is 41.5 Å². The molecule has 4 aromatic rings. The fourth-order valence-corrected chi connectivity index (χ4v) is 7.74. The molecule has 4 atom stereocenters. The Labute approximate surface area is 244 Å². The summed E-state index contributed by atoms with van der Waals surface area (Å²) in [4.78, 5) is 11.1. The molecule has 3 N–H and O–H groups in total. The summed E-state index contributed by atoms with van der Waals surface area (Å²) in [5, 5.41) is 13.9. The van der Waals surface area contributed by atoms with E-state index in [1.165, 1.54) is 12.1 Å². The van der Waals surface area contributed by atoms with E-state index < -0.39 is 23.3 Å². The summed E-state index contributed by atoms with van der Waals surface area (Å²) in [6.45, 7) is 4.05. The standard InChI is InChI=1S/C30H29F3N6O2S/c1-15-9-17(12-36-15)41-28-20-4-3-19(18-5-6-22(32)26-23(18)21(11-34)27(35)42-26)24(33)25(20)37-29(38-28)40-14-30-7-2-8-39(30)13-16(31)10-30/h3-6,15-17,36H,2,7-10,12-14,35H2,1H3. The van der Waals surface area contributed by atoms with Crippen LogP contribution >= 0.6 is 11.3 Å². The fourth-order valence-electron chi connectivity index (χ4n) is 6.79. The zero-order valence-electron chi connectivity index (χ0n) is 22.9. The van der Waals surface area contributed by atoms with E-state index in [0.29, 0.717) is 30.5 Å². The molecule has 0 bridgehead atoms. The van der Waals surface area contributed by atoms with Crippen molar-refractivity contribution in [2.24, 2.45) is 0 Å². The molecule has 3 fully saturated rings. The molecule has 0 spiro atoms. The molecule has 4 unspecified atom stereocenters. The van der Waals surface area contributed by atoms with Crippen molar-refractivity contribution in [3.8, 4) is 29.1 Å². The minimum Gasteiger partial charge on any atom is -0.472 e. The number of alkyl halides is 1. The van der Waals surface area contributed by atoms with Crippen LogP contribution in [0.5, 0.6) is 11.9 Å². The Balaban J connectivity index is 1.34. The number of aromatic nitrogens is 2. The van der Waals surface area contributed by atoms with E-state index in [2.05, 4.69) is 27.1 Å². The number of hydrogen-bond acceptors (Lipinski definition) is 9. The average Bonchev–Trinajstić information content (AvgIpc) is 3.71. The predicted octanol–water partition coefficient (Wildman–Crippen LogP) is 5.33. The van der Waals surface area contributed by atoms with Crippen LogP contribution in [-0.2, 0) is 0 Å². The number of nitrogen functional groups attached to an aromatic ring is 1. The number of ether oxygens (including phenoxy) is 2. The van der Waals surface area contributed by atoms with Gasteiger partial charge in [-0.25, -0.2) is 13.2 Å². The van der Waals surface area contributed by atoms with Crippen LogP contribution in [-0.4, -0.2) is 65.0 Å². The minimum absolute atomic E-state index is 0.0266. The molecule has 5 heterocycles. The normalized spacial score (nSPS) is 25.7. The van der Waals surface area contributed by atoms with E-state index in [4.69, 9.17) is 15.2 Å². The van der Waals surface area contributed by atoms with Crippen LogP contribution in [0.15, 0.2) is 24.3 Å². The third-order valence-electron chi connectivity index (χ3n) is 8.79. The van der Waals surface area contributed by atoms with Gasteiger partial charge in [0.1, 0.15) is 41.3 Å². The molecule has 0 amide bonds. The molecule has 3 aliphatic heterocycles. The molecule has 0 aliphatic carbocycles. The lowest BCUT2D eigenvalue weighted by atomic mass is 9.95. The summed E-state index contributed by atoms with van der Waals surface area (Å²) in [6.07, 6.45) is 1.79. The lowest BCUT2D eigenvalue weighted by molar-refractivity contribution is 0.106. The van der Waals surface area contributed by atoms with Gasteiger partial charge in [-0.2, -0.15) is 15.2 Å². The van der Waals surface area contributed by atoms with E-state index in [9.17, 15) is 14.0 Å². The molecular weight excluding hydrogens is 565 g/mol. The van der Waals surface area contributed by atoms with E-state index in [-0.39, 0.29) is 62.4 Å². The monoisotopic (exact) mass is 594 g/mol. The van der Waals surface area contributed by atoms with Crippen LogP contribution in [0.4, 0.5) is 18.2 Å². The maximum absolute atomic E-state index is 16.5. The Bertz CT molecular complexity index is 1760. The Morgan fingerprint density at radius 1 is 1.24 bits per heavy atom. The van der Waals surface area contributed by atoms with Crippen molar-refractivity contribution in [1.29, 1.82) is 5.26 Å². The van der Waals surface area contributed by atoms with Crippen LogP contribution < -0.4 is 20.5 Å². The zero-order chi connectivity index (χ0) is 29.2. The Morgan fingerprint density at radius 2 is 2.07 bits per heavy atom. The lowest BCUT2D eigenvalue weighted by Crippen LogP contribution is -2.43. The number of anilines is 1. The van der Waals surface area contributed by atoms with Crippen LogP contribution in [0, 0.1) is 23.0 Å². The summed E-state index contributed by atoms with van der Waals surface area (Å²) in [5.41, 5.74) is 6.11. The third kappa shape index (κ3) is 4.42. The fraction of sp³-hybridized carbons (Fsp3) is 0.433. The number of nitrogens with one attached hydrogen (secondary N) is 1. The number of nitriles is 1. The molecule has 2 aromatic heterocycles. The van der Waals surface area contributed by atoms with Crippen molar-refractivity contribution >= 4 is 37.3 Å². The van der Waals surface area contributed by atoms with Gasteiger partial charge in [-0.05, 0) is 44.0 Å². The molecule has 3 saturated heterocycles. The Kier molecular flexibility index (Phi) is 6.64. The highest BCUT2D eigenvalue weighted by Gasteiger charge is 2.49. The van der Waals surface area contributed by atoms with Gasteiger partial charge >= 0.3 is 6.01 Å². The molecular formula is C30H29F3N6O2S. The number of rotatable bonds is 6. The molecule has 218 valence electrons. The van der Waals surface area contributed by atoms with Crippen molar-refractivity contribution in [1.82, 2.24) is 20.2 Å². The topological polar surface area (TPSA) is 109 Å². The first-order chi connectivity index (χ1) is 20.3. The average molecular weight is 595 g/mol. The van der Waals surface area contributed by atoms with Gasteiger partial charge in [-0.1, -0.05) is 12.1 Å². The molecule has 0 saturated carbocycles.